The zero-order valence-corrected chi connectivity index (χ0v) is 10.0. The minimum Gasteiger partial charge on any atom is -0.398 e. The van der Waals surface area contributed by atoms with Gasteiger partial charge in [-0.3, -0.25) is 4.79 Å². The summed E-state index contributed by atoms with van der Waals surface area (Å²) in [4.78, 5) is 12.0. The number of benzene rings is 1. The SMILES string of the molecule is Cc1ccc(C(=O)NC2CCOCC2)c(N)c1. The Hall–Kier alpha value is -1.55. The van der Waals surface area contributed by atoms with E-state index in [0.717, 1.165) is 18.4 Å². The third-order valence-corrected chi connectivity index (χ3v) is 3.01. The maximum Gasteiger partial charge on any atom is 0.253 e. The third kappa shape index (κ3) is 2.97. The number of nitrogen functional groups attached to an aromatic ring is 1. The van der Waals surface area contributed by atoms with Crippen LogP contribution >= 0.6 is 0 Å². The zero-order chi connectivity index (χ0) is 12.3. The van der Waals surface area contributed by atoms with Crippen molar-refractivity contribution in [1.29, 1.82) is 0 Å². The minimum atomic E-state index is -0.0885. The number of amides is 1. The lowest BCUT2D eigenvalue weighted by Crippen LogP contribution is -2.39. The van der Waals surface area contributed by atoms with E-state index in [2.05, 4.69) is 5.32 Å². The molecular weight excluding hydrogens is 216 g/mol. The van der Waals surface area contributed by atoms with Crippen molar-refractivity contribution in [2.24, 2.45) is 0 Å². The highest BCUT2D eigenvalue weighted by atomic mass is 16.5. The normalized spacial score (nSPS) is 16.8. The van der Waals surface area contributed by atoms with Crippen LogP contribution in [0.2, 0.25) is 0 Å². The van der Waals surface area contributed by atoms with Crippen molar-refractivity contribution in [3.05, 3.63) is 29.3 Å². The van der Waals surface area contributed by atoms with Crippen molar-refractivity contribution in [2.75, 3.05) is 18.9 Å². The maximum atomic E-state index is 12.0. The van der Waals surface area contributed by atoms with Crippen LogP contribution in [0.15, 0.2) is 18.2 Å². The minimum absolute atomic E-state index is 0.0885. The monoisotopic (exact) mass is 234 g/mol. The molecule has 1 aliphatic rings. The fraction of sp³-hybridized carbons (Fsp3) is 0.462. The summed E-state index contributed by atoms with van der Waals surface area (Å²) < 4.78 is 5.25. The van der Waals surface area contributed by atoms with Gasteiger partial charge in [-0.05, 0) is 37.5 Å². The van der Waals surface area contributed by atoms with Gasteiger partial charge in [0, 0.05) is 24.9 Å². The van der Waals surface area contributed by atoms with Crippen LogP contribution in [0.5, 0.6) is 0 Å². The van der Waals surface area contributed by atoms with Crippen LogP contribution in [-0.2, 0) is 4.74 Å². The number of nitrogens with one attached hydrogen (secondary N) is 1. The summed E-state index contributed by atoms with van der Waals surface area (Å²) >= 11 is 0. The molecule has 0 radical (unpaired) electrons. The molecule has 1 amide bonds. The second-order valence-corrected chi connectivity index (χ2v) is 4.45. The molecule has 4 heteroatoms. The van der Waals surface area contributed by atoms with E-state index in [1.54, 1.807) is 6.07 Å². The van der Waals surface area contributed by atoms with Gasteiger partial charge in [-0.2, -0.15) is 0 Å². The van der Waals surface area contributed by atoms with Gasteiger partial charge in [0.25, 0.3) is 5.91 Å². The Morgan fingerprint density at radius 2 is 2.12 bits per heavy atom. The summed E-state index contributed by atoms with van der Waals surface area (Å²) in [5.74, 6) is -0.0885. The molecule has 2 rings (SSSR count). The van der Waals surface area contributed by atoms with Crippen molar-refractivity contribution < 1.29 is 9.53 Å². The quantitative estimate of drug-likeness (QED) is 0.762. The van der Waals surface area contributed by atoms with Crippen LogP contribution in [0.1, 0.15) is 28.8 Å². The molecule has 0 spiro atoms. The van der Waals surface area contributed by atoms with Gasteiger partial charge in [-0.1, -0.05) is 6.07 Å². The molecule has 1 saturated heterocycles. The molecule has 0 unspecified atom stereocenters. The predicted molar refractivity (Wildman–Crippen MR) is 66.9 cm³/mol. The summed E-state index contributed by atoms with van der Waals surface area (Å²) in [6.07, 6.45) is 1.75. The second-order valence-electron chi connectivity index (χ2n) is 4.45. The number of aryl methyl sites for hydroxylation is 1. The highest BCUT2D eigenvalue weighted by molar-refractivity contribution is 5.99. The van der Waals surface area contributed by atoms with Crippen molar-refractivity contribution >= 4 is 11.6 Å². The number of nitrogens with two attached hydrogens (primary N) is 1. The summed E-state index contributed by atoms with van der Waals surface area (Å²) in [6, 6.07) is 5.70. The molecule has 0 aromatic heterocycles. The molecule has 1 aromatic carbocycles. The standard InChI is InChI=1S/C13H18N2O2/c1-9-2-3-11(12(14)8-9)13(16)15-10-4-6-17-7-5-10/h2-3,8,10H,4-7,14H2,1H3,(H,15,16). The lowest BCUT2D eigenvalue weighted by Gasteiger charge is -2.23. The first-order chi connectivity index (χ1) is 8.16. The van der Waals surface area contributed by atoms with Gasteiger partial charge in [-0.15, -0.1) is 0 Å². The molecule has 0 saturated carbocycles. The van der Waals surface area contributed by atoms with Gasteiger partial charge >= 0.3 is 0 Å². The van der Waals surface area contributed by atoms with Crippen molar-refractivity contribution in [3.8, 4) is 0 Å². The van der Waals surface area contributed by atoms with Gasteiger partial charge in [0.2, 0.25) is 0 Å². The van der Waals surface area contributed by atoms with E-state index in [1.165, 1.54) is 0 Å². The zero-order valence-electron chi connectivity index (χ0n) is 10.0. The van der Waals surface area contributed by atoms with Crippen LogP contribution in [0.25, 0.3) is 0 Å². The first kappa shape index (κ1) is 11.9. The molecule has 1 aliphatic heterocycles. The number of carbonyl (C=O) groups is 1. The molecule has 0 aliphatic carbocycles. The summed E-state index contributed by atoms with van der Waals surface area (Å²) in [6.45, 7) is 3.39. The van der Waals surface area contributed by atoms with Crippen LogP contribution in [-0.4, -0.2) is 25.2 Å². The molecular formula is C13H18N2O2. The van der Waals surface area contributed by atoms with Crippen molar-refractivity contribution in [2.45, 2.75) is 25.8 Å². The van der Waals surface area contributed by atoms with E-state index in [0.29, 0.717) is 24.5 Å². The van der Waals surface area contributed by atoms with E-state index < -0.39 is 0 Å². The van der Waals surface area contributed by atoms with Crippen LogP contribution < -0.4 is 11.1 Å². The first-order valence-corrected chi connectivity index (χ1v) is 5.91. The van der Waals surface area contributed by atoms with Crippen molar-refractivity contribution in [3.63, 3.8) is 0 Å². The Kier molecular flexibility index (Phi) is 3.64. The molecule has 1 fully saturated rings. The smallest absolute Gasteiger partial charge is 0.253 e. The molecule has 1 heterocycles. The topological polar surface area (TPSA) is 64.3 Å². The third-order valence-electron chi connectivity index (χ3n) is 3.01. The van der Waals surface area contributed by atoms with E-state index in [4.69, 9.17) is 10.5 Å². The Balaban J connectivity index is 2.03. The van der Waals surface area contributed by atoms with E-state index in [-0.39, 0.29) is 11.9 Å². The predicted octanol–water partition coefficient (Wildman–Crippen LogP) is 1.49. The molecule has 1 aromatic rings. The van der Waals surface area contributed by atoms with Crippen LogP contribution in [0.3, 0.4) is 0 Å². The van der Waals surface area contributed by atoms with Gasteiger partial charge in [-0.25, -0.2) is 0 Å². The Bertz CT molecular complexity index is 412. The van der Waals surface area contributed by atoms with Gasteiger partial charge in [0.1, 0.15) is 0 Å². The first-order valence-electron chi connectivity index (χ1n) is 5.91. The number of anilines is 1. The van der Waals surface area contributed by atoms with E-state index in [1.807, 2.05) is 19.1 Å². The number of carbonyl (C=O) groups excluding carboxylic acids is 1. The lowest BCUT2D eigenvalue weighted by molar-refractivity contribution is 0.0697. The van der Waals surface area contributed by atoms with Gasteiger partial charge in [0.05, 0.1) is 5.56 Å². The Labute approximate surface area is 101 Å². The molecule has 0 bridgehead atoms. The molecule has 4 nitrogen and oxygen atoms in total. The Morgan fingerprint density at radius 3 is 2.76 bits per heavy atom. The molecule has 17 heavy (non-hydrogen) atoms. The molecule has 92 valence electrons. The largest absolute Gasteiger partial charge is 0.398 e. The van der Waals surface area contributed by atoms with Crippen LogP contribution in [0, 0.1) is 6.92 Å². The fourth-order valence-electron chi connectivity index (χ4n) is 1.99. The highest BCUT2D eigenvalue weighted by Crippen LogP contribution is 2.15. The van der Waals surface area contributed by atoms with E-state index >= 15 is 0 Å². The van der Waals surface area contributed by atoms with E-state index in [9.17, 15) is 4.79 Å². The van der Waals surface area contributed by atoms with Gasteiger partial charge < -0.3 is 15.8 Å². The lowest BCUT2D eigenvalue weighted by atomic mass is 10.1. The van der Waals surface area contributed by atoms with Crippen LogP contribution in [0.4, 0.5) is 5.69 Å². The number of hydrogen-bond acceptors (Lipinski definition) is 3. The highest BCUT2D eigenvalue weighted by Gasteiger charge is 2.18. The van der Waals surface area contributed by atoms with Gasteiger partial charge in [0.15, 0.2) is 0 Å². The number of rotatable bonds is 2. The molecule has 0 atom stereocenters. The Morgan fingerprint density at radius 1 is 1.41 bits per heavy atom. The fourth-order valence-corrected chi connectivity index (χ4v) is 1.99. The average Bonchev–Trinajstić information content (AvgIpc) is 2.30. The molecule has 3 N–H and O–H groups in total. The number of hydrogen-bond donors (Lipinski definition) is 2. The number of ether oxygens (including phenoxy) is 1. The van der Waals surface area contributed by atoms with Crippen molar-refractivity contribution in [1.82, 2.24) is 5.32 Å². The summed E-state index contributed by atoms with van der Waals surface area (Å²) in [5.41, 5.74) is 8.00. The summed E-state index contributed by atoms with van der Waals surface area (Å²) in [5, 5.41) is 3.00. The maximum absolute atomic E-state index is 12.0. The second kappa shape index (κ2) is 5.19. The average molecular weight is 234 g/mol. The summed E-state index contributed by atoms with van der Waals surface area (Å²) in [7, 11) is 0.